The summed E-state index contributed by atoms with van der Waals surface area (Å²) in [5, 5.41) is 13.5. The summed E-state index contributed by atoms with van der Waals surface area (Å²) < 4.78 is 0. The molecule has 0 saturated heterocycles. The maximum Gasteiger partial charge on any atom is 0.0687 e. The quantitative estimate of drug-likeness (QED) is 0.771. The molecule has 1 unspecified atom stereocenters. The van der Waals surface area contributed by atoms with Gasteiger partial charge in [-0.3, -0.25) is 4.98 Å². The zero-order chi connectivity index (χ0) is 12.0. The summed E-state index contributed by atoms with van der Waals surface area (Å²) in [6.45, 7) is 6.90. The number of pyridine rings is 1. The van der Waals surface area contributed by atoms with Gasteiger partial charge in [0.1, 0.15) is 0 Å². The Bertz CT molecular complexity index is 296. The van der Waals surface area contributed by atoms with Gasteiger partial charge in [-0.2, -0.15) is 0 Å². The molecule has 1 aromatic heterocycles. The van der Waals surface area contributed by atoms with Gasteiger partial charge in [0, 0.05) is 24.4 Å². The molecule has 0 radical (unpaired) electrons. The smallest absolute Gasteiger partial charge is 0.0687 e. The van der Waals surface area contributed by atoms with Gasteiger partial charge in [0.25, 0.3) is 0 Å². The van der Waals surface area contributed by atoms with Crippen LogP contribution in [0.4, 0.5) is 0 Å². The van der Waals surface area contributed by atoms with Crippen LogP contribution < -0.4 is 5.32 Å². The third-order valence-corrected chi connectivity index (χ3v) is 2.50. The molecule has 0 aliphatic heterocycles. The summed E-state index contributed by atoms with van der Waals surface area (Å²) >= 11 is 0. The standard InChI is InChI=1S/C13H22N2O/c1-11(2)14-9-7-13(3,16)10-12-6-4-5-8-15-12/h4-6,8,11,14,16H,7,9-10H2,1-3H3. The van der Waals surface area contributed by atoms with Crippen molar-refractivity contribution < 1.29 is 5.11 Å². The van der Waals surface area contributed by atoms with E-state index in [4.69, 9.17) is 0 Å². The third kappa shape index (κ3) is 5.24. The molecule has 0 aliphatic rings. The molecule has 0 bridgehead atoms. The van der Waals surface area contributed by atoms with Gasteiger partial charge in [-0.25, -0.2) is 0 Å². The van der Waals surface area contributed by atoms with E-state index in [-0.39, 0.29) is 0 Å². The van der Waals surface area contributed by atoms with E-state index in [0.29, 0.717) is 12.5 Å². The Labute approximate surface area is 97.9 Å². The largest absolute Gasteiger partial charge is 0.390 e. The van der Waals surface area contributed by atoms with Gasteiger partial charge in [-0.15, -0.1) is 0 Å². The Morgan fingerprint density at radius 3 is 2.75 bits per heavy atom. The summed E-state index contributed by atoms with van der Waals surface area (Å²) in [4.78, 5) is 4.23. The molecule has 0 amide bonds. The van der Waals surface area contributed by atoms with Crippen molar-refractivity contribution in [3.05, 3.63) is 30.1 Å². The number of nitrogens with zero attached hydrogens (tertiary/aromatic N) is 1. The van der Waals surface area contributed by atoms with Gasteiger partial charge in [-0.05, 0) is 32.0 Å². The zero-order valence-electron chi connectivity index (χ0n) is 10.4. The molecule has 1 atom stereocenters. The maximum absolute atomic E-state index is 10.2. The number of aliphatic hydroxyl groups is 1. The molecule has 3 nitrogen and oxygen atoms in total. The Morgan fingerprint density at radius 2 is 2.19 bits per heavy atom. The summed E-state index contributed by atoms with van der Waals surface area (Å²) in [5.74, 6) is 0. The van der Waals surface area contributed by atoms with Crippen LogP contribution >= 0.6 is 0 Å². The molecule has 0 fully saturated rings. The highest BCUT2D eigenvalue weighted by atomic mass is 16.3. The fourth-order valence-electron chi connectivity index (χ4n) is 1.61. The first-order valence-electron chi connectivity index (χ1n) is 5.85. The highest BCUT2D eigenvalue weighted by molar-refractivity contribution is 5.06. The molecule has 90 valence electrons. The van der Waals surface area contributed by atoms with Crippen molar-refractivity contribution in [3.8, 4) is 0 Å². The van der Waals surface area contributed by atoms with E-state index in [2.05, 4.69) is 24.1 Å². The van der Waals surface area contributed by atoms with Crippen LogP contribution in [0.1, 0.15) is 32.9 Å². The lowest BCUT2D eigenvalue weighted by molar-refractivity contribution is 0.0501. The van der Waals surface area contributed by atoms with Gasteiger partial charge >= 0.3 is 0 Å². The number of hydrogen-bond acceptors (Lipinski definition) is 3. The van der Waals surface area contributed by atoms with Gasteiger partial charge in [0.2, 0.25) is 0 Å². The molecule has 0 saturated carbocycles. The average molecular weight is 222 g/mol. The lowest BCUT2D eigenvalue weighted by Crippen LogP contribution is -2.34. The van der Waals surface area contributed by atoms with Crippen LogP contribution in [0, 0.1) is 0 Å². The van der Waals surface area contributed by atoms with Crippen molar-refractivity contribution in [1.29, 1.82) is 0 Å². The number of nitrogens with one attached hydrogen (secondary N) is 1. The molecule has 3 heteroatoms. The SMILES string of the molecule is CC(C)NCCC(C)(O)Cc1ccccn1. The van der Waals surface area contributed by atoms with Crippen molar-refractivity contribution in [2.75, 3.05) is 6.54 Å². The van der Waals surface area contributed by atoms with Crippen molar-refractivity contribution in [2.45, 2.75) is 45.3 Å². The Balaban J connectivity index is 2.39. The molecule has 1 heterocycles. The first-order valence-corrected chi connectivity index (χ1v) is 5.85. The van der Waals surface area contributed by atoms with Crippen LogP contribution in [-0.4, -0.2) is 28.3 Å². The lowest BCUT2D eigenvalue weighted by atomic mass is 9.96. The minimum Gasteiger partial charge on any atom is -0.390 e. The van der Waals surface area contributed by atoms with E-state index < -0.39 is 5.60 Å². The van der Waals surface area contributed by atoms with Gasteiger partial charge in [-0.1, -0.05) is 19.9 Å². The first kappa shape index (κ1) is 13.1. The van der Waals surface area contributed by atoms with Crippen molar-refractivity contribution >= 4 is 0 Å². The van der Waals surface area contributed by atoms with E-state index in [0.717, 1.165) is 18.7 Å². The third-order valence-electron chi connectivity index (χ3n) is 2.50. The fourth-order valence-corrected chi connectivity index (χ4v) is 1.61. The minimum atomic E-state index is -0.684. The van der Waals surface area contributed by atoms with Crippen molar-refractivity contribution in [2.24, 2.45) is 0 Å². The van der Waals surface area contributed by atoms with Crippen LogP contribution in [0.3, 0.4) is 0 Å². The molecule has 0 aromatic carbocycles. The highest BCUT2D eigenvalue weighted by Gasteiger charge is 2.20. The predicted octanol–water partition coefficient (Wildman–Crippen LogP) is 1.76. The normalized spacial score (nSPS) is 15.1. The monoisotopic (exact) mass is 222 g/mol. The molecule has 0 aliphatic carbocycles. The number of hydrogen-bond donors (Lipinski definition) is 2. The molecule has 2 N–H and O–H groups in total. The zero-order valence-corrected chi connectivity index (χ0v) is 10.4. The summed E-state index contributed by atoms with van der Waals surface area (Å²) in [7, 11) is 0. The van der Waals surface area contributed by atoms with Gasteiger partial charge < -0.3 is 10.4 Å². The summed E-state index contributed by atoms with van der Waals surface area (Å²) in [6.07, 6.45) is 3.10. The van der Waals surface area contributed by atoms with Gasteiger partial charge in [0.15, 0.2) is 0 Å². The first-order chi connectivity index (χ1) is 7.49. The van der Waals surface area contributed by atoms with Crippen LogP contribution in [0.2, 0.25) is 0 Å². The van der Waals surface area contributed by atoms with E-state index in [1.54, 1.807) is 6.20 Å². The summed E-state index contributed by atoms with van der Waals surface area (Å²) in [5.41, 5.74) is 0.257. The fraction of sp³-hybridized carbons (Fsp3) is 0.615. The van der Waals surface area contributed by atoms with Crippen LogP contribution in [-0.2, 0) is 6.42 Å². The molecular weight excluding hydrogens is 200 g/mol. The Hall–Kier alpha value is -0.930. The lowest BCUT2D eigenvalue weighted by Gasteiger charge is -2.23. The minimum absolute atomic E-state index is 0.464. The average Bonchev–Trinajstić information content (AvgIpc) is 2.17. The molecule has 1 rings (SSSR count). The predicted molar refractivity (Wildman–Crippen MR) is 66.3 cm³/mol. The van der Waals surface area contributed by atoms with E-state index in [1.165, 1.54) is 0 Å². The maximum atomic E-state index is 10.2. The topological polar surface area (TPSA) is 45.1 Å². The van der Waals surface area contributed by atoms with Crippen LogP contribution in [0.5, 0.6) is 0 Å². The molecule has 0 spiro atoms. The Morgan fingerprint density at radius 1 is 1.44 bits per heavy atom. The van der Waals surface area contributed by atoms with Crippen molar-refractivity contribution in [1.82, 2.24) is 10.3 Å². The van der Waals surface area contributed by atoms with Crippen LogP contribution in [0.15, 0.2) is 24.4 Å². The van der Waals surface area contributed by atoms with E-state index in [1.807, 2.05) is 25.1 Å². The van der Waals surface area contributed by atoms with Crippen LogP contribution in [0.25, 0.3) is 0 Å². The second-order valence-corrected chi connectivity index (χ2v) is 4.85. The second kappa shape index (κ2) is 5.97. The van der Waals surface area contributed by atoms with Gasteiger partial charge in [0.05, 0.1) is 5.60 Å². The van der Waals surface area contributed by atoms with E-state index >= 15 is 0 Å². The Kier molecular flexibility index (Phi) is 4.90. The highest BCUT2D eigenvalue weighted by Crippen LogP contribution is 2.14. The second-order valence-electron chi connectivity index (χ2n) is 4.85. The molecule has 16 heavy (non-hydrogen) atoms. The molecule has 1 aromatic rings. The summed E-state index contributed by atoms with van der Waals surface area (Å²) in [6, 6.07) is 6.25. The van der Waals surface area contributed by atoms with Crippen molar-refractivity contribution in [3.63, 3.8) is 0 Å². The number of aromatic nitrogens is 1. The van der Waals surface area contributed by atoms with E-state index in [9.17, 15) is 5.11 Å². The molecular formula is C13H22N2O. The number of rotatable bonds is 6.